The number of carbonyl (C=O) groups excluding carboxylic acids is 2. The zero-order chi connectivity index (χ0) is 19.0. The fourth-order valence-corrected chi connectivity index (χ4v) is 4.04. The highest BCUT2D eigenvalue weighted by molar-refractivity contribution is 8.00. The lowest BCUT2D eigenvalue weighted by atomic mass is 10.1. The van der Waals surface area contributed by atoms with Crippen molar-refractivity contribution in [3.63, 3.8) is 0 Å². The zero-order valence-corrected chi connectivity index (χ0v) is 15.2. The van der Waals surface area contributed by atoms with Crippen molar-refractivity contribution in [2.75, 3.05) is 16.4 Å². The zero-order valence-electron chi connectivity index (χ0n) is 13.6. The summed E-state index contributed by atoms with van der Waals surface area (Å²) < 4.78 is 27.2. The number of nitrogens with one attached hydrogen (secondary N) is 2. The number of hydrogen-bond donors (Lipinski definition) is 2. The summed E-state index contributed by atoms with van der Waals surface area (Å²) >= 11 is 2.51. The number of amides is 2. The lowest BCUT2D eigenvalue weighted by Gasteiger charge is -2.16. The fraction of sp³-hybridized carbons (Fsp3) is 0.0556. The van der Waals surface area contributed by atoms with Gasteiger partial charge < -0.3 is 5.32 Å². The third-order valence-corrected chi connectivity index (χ3v) is 5.63. The van der Waals surface area contributed by atoms with Gasteiger partial charge in [-0.3, -0.25) is 14.9 Å². The maximum absolute atomic E-state index is 13.9. The van der Waals surface area contributed by atoms with E-state index < -0.39 is 17.5 Å². The standard InChI is InChI=1S/C18H11F2N3O2S2/c19-10-2-3-12(20)11(6-10)14-7-27-18(22-14)23-17(25)9-1-4-15-13(5-9)21-16(24)8-26-15/h1-7H,8H2,(H,21,24)(H,22,23,25). The molecular weight excluding hydrogens is 392 g/mol. The number of carbonyl (C=O) groups is 2. The van der Waals surface area contributed by atoms with Crippen LogP contribution in [-0.4, -0.2) is 22.6 Å². The summed E-state index contributed by atoms with van der Waals surface area (Å²) in [5.74, 6) is -1.35. The van der Waals surface area contributed by atoms with Crippen LogP contribution in [0.5, 0.6) is 0 Å². The molecule has 0 saturated heterocycles. The Balaban J connectivity index is 1.54. The van der Waals surface area contributed by atoms with Crippen LogP contribution in [0.25, 0.3) is 11.3 Å². The van der Waals surface area contributed by atoms with Gasteiger partial charge in [0.25, 0.3) is 5.91 Å². The minimum Gasteiger partial charge on any atom is -0.324 e. The largest absolute Gasteiger partial charge is 0.324 e. The van der Waals surface area contributed by atoms with Gasteiger partial charge in [0, 0.05) is 21.4 Å². The summed E-state index contributed by atoms with van der Waals surface area (Å²) in [6, 6.07) is 8.13. The van der Waals surface area contributed by atoms with Gasteiger partial charge in [-0.25, -0.2) is 13.8 Å². The van der Waals surface area contributed by atoms with Gasteiger partial charge in [-0.05, 0) is 36.4 Å². The van der Waals surface area contributed by atoms with Crippen molar-refractivity contribution in [2.45, 2.75) is 4.90 Å². The average molecular weight is 403 g/mol. The first-order valence-corrected chi connectivity index (χ1v) is 9.65. The molecule has 1 aliphatic rings. The Hall–Kier alpha value is -2.78. The molecule has 1 aliphatic heterocycles. The summed E-state index contributed by atoms with van der Waals surface area (Å²) in [7, 11) is 0. The van der Waals surface area contributed by atoms with E-state index in [2.05, 4.69) is 15.6 Å². The molecule has 0 bridgehead atoms. The van der Waals surface area contributed by atoms with Crippen LogP contribution in [0.4, 0.5) is 19.6 Å². The molecule has 0 saturated carbocycles. The number of nitrogens with zero attached hydrogens (tertiary/aromatic N) is 1. The summed E-state index contributed by atoms with van der Waals surface area (Å²) in [6.07, 6.45) is 0. The Morgan fingerprint density at radius 2 is 2.04 bits per heavy atom. The number of rotatable bonds is 3. The fourth-order valence-electron chi connectivity index (χ4n) is 2.54. The third kappa shape index (κ3) is 3.69. The van der Waals surface area contributed by atoms with Crippen LogP contribution in [0, 0.1) is 11.6 Å². The van der Waals surface area contributed by atoms with E-state index in [1.807, 2.05) is 0 Å². The second-order valence-electron chi connectivity index (χ2n) is 5.66. The number of halogens is 2. The van der Waals surface area contributed by atoms with Gasteiger partial charge in [0.05, 0.1) is 17.1 Å². The molecule has 0 spiro atoms. The van der Waals surface area contributed by atoms with Gasteiger partial charge in [0.15, 0.2) is 5.13 Å². The van der Waals surface area contributed by atoms with Crippen LogP contribution >= 0.6 is 23.1 Å². The Kier molecular flexibility index (Phi) is 4.63. The molecule has 5 nitrogen and oxygen atoms in total. The second-order valence-corrected chi connectivity index (χ2v) is 7.54. The molecule has 0 unspecified atom stereocenters. The van der Waals surface area contributed by atoms with E-state index in [9.17, 15) is 18.4 Å². The predicted molar refractivity (Wildman–Crippen MR) is 101 cm³/mol. The first-order chi connectivity index (χ1) is 13.0. The summed E-state index contributed by atoms with van der Waals surface area (Å²) in [5, 5.41) is 7.16. The molecule has 2 aromatic carbocycles. The first kappa shape index (κ1) is 17.6. The molecule has 3 aromatic rings. The van der Waals surface area contributed by atoms with E-state index >= 15 is 0 Å². The maximum Gasteiger partial charge on any atom is 0.257 e. The molecule has 9 heteroatoms. The quantitative estimate of drug-likeness (QED) is 0.681. The van der Waals surface area contributed by atoms with Gasteiger partial charge in [-0.15, -0.1) is 23.1 Å². The summed E-state index contributed by atoms with van der Waals surface area (Å²) in [5.41, 5.74) is 1.21. The molecular formula is C18H11F2N3O2S2. The maximum atomic E-state index is 13.9. The normalized spacial score (nSPS) is 13.0. The van der Waals surface area contributed by atoms with Crippen LogP contribution in [0.3, 0.4) is 0 Å². The molecule has 0 radical (unpaired) electrons. The van der Waals surface area contributed by atoms with Crippen molar-refractivity contribution in [3.05, 3.63) is 59.0 Å². The molecule has 136 valence electrons. The van der Waals surface area contributed by atoms with Crippen molar-refractivity contribution >= 4 is 45.7 Å². The molecule has 0 aliphatic carbocycles. The van der Waals surface area contributed by atoms with E-state index in [4.69, 9.17) is 0 Å². The number of thioether (sulfide) groups is 1. The van der Waals surface area contributed by atoms with E-state index in [0.717, 1.165) is 34.4 Å². The van der Waals surface area contributed by atoms with Gasteiger partial charge in [0.2, 0.25) is 5.91 Å². The van der Waals surface area contributed by atoms with Crippen molar-refractivity contribution in [1.82, 2.24) is 4.98 Å². The first-order valence-electron chi connectivity index (χ1n) is 7.78. The monoisotopic (exact) mass is 403 g/mol. The SMILES string of the molecule is O=C1CSc2ccc(C(=O)Nc3nc(-c4cc(F)ccc4F)cs3)cc2N1. The smallest absolute Gasteiger partial charge is 0.257 e. The molecule has 1 aromatic heterocycles. The van der Waals surface area contributed by atoms with Crippen molar-refractivity contribution in [1.29, 1.82) is 0 Å². The molecule has 4 rings (SSSR count). The Morgan fingerprint density at radius 1 is 1.19 bits per heavy atom. The van der Waals surface area contributed by atoms with Crippen LogP contribution in [0.1, 0.15) is 10.4 Å². The Bertz CT molecular complexity index is 1070. The number of anilines is 2. The number of aromatic nitrogens is 1. The van der Waals surface area contributed by atoms with E-state index in [0.29, 0.717) is 17.0 Å². The van der Waals surface area contributed by atoms with E-state index in [1.165, 1.54) is 17.1 Å². The second kappa shape index (κ2) is 7.09. The lowest BCUT2D eigenvalue weighted by Crippen LogP contribution is -2.19. The highest BCUT2D eigenvalue weighted by Crippen LogP contribution is 2.32. The summed E-state index contributed by atoms with van der Waals surface area (Å²) in [6.45, 7) is 0. The highest BCUT2D eigenvalue weighted by Gasteiger charge is 2.18. The lowest BCUT2D eigenvalue weighted by molar-refractivity contribution is -0.113. The number of fused-ring (bicyclic) bond motifs is 1. The van der Waals surface area contributed by atoms with Crippen molar-refractivity contribution < 1.29 is 18.4 Å². The number of benzene rings is 2. The van der Waals surface area contributed by atoms with E-state index in [-0.39, 0.29) is 22.3 Å². The van der Waals surface area contributed by atoms with Gasteiger partial charge >= 0.3 is 0 Å². The molecule has 27 heavy (non-hydrogen) atoms. The average Bonchev–Trinajstić information content (AvgIpc) is 3.11. The molecule has 0 fully saturated rings. The summed E-state index contributed by atoms with van der Waals surface area (Å²) in [4.78, 5) is 29.0. The van der Waals surface area contributed by atoms with Crippen LogP contribution < -0.4 is 10.6 Å². The van der Waals surface area contributed by atoms with Gasteiger partial charge in [-0.1, -0.05) is 0 Å². The molecule has 2 heterocycles. The van der Waals surface area contributed by atoms with Gasteiger partial charge in [-0.2, -0.15) is 0 Å². The van der Waals surface area contributed by atoms with E-state index in [1.54, 1.807) is 18.2 Å². The highest BCUT2D eigenvalue weighted by atomic mass is 32.2. The minimum atomic E-state index is -0.595. The van der Waals surface area contributed by atoms with Crippen LogP contribution in [0.15, 0.2) is 46.7 Å². The van der Waals surface area contributed by atoms with Crippen molar-refractivity contribution in [3.8, 4) is 11.3 Å². The van der Waals surface area contributed by atoms with Crippen molar-refractivity contribution in [2.24, 2.45) is 0 Å². The van der Waals surface area contributed by atoms with Gasteiger partial charge in [0.1, 0.15) is 11.6 Å². The minimum absolute atomic E-state index is 0.0280. The topological polar surface area (TPSA) is 71.1 Å². The molecule has 0 atom stereocenters. The predicted octanol–water partition coefficient (Wildman–Crippen LogP) is 4.38. The van der Waals surface area contributed by atoms with Crippen LogP contribution in [0.2, 0.25) is 0 Å². The number of hydrogen-bond acceptors (Lipinski definition) is 5. The third-order valence-electron chi connectivity index (χ3n) is 3.80. The Morgan fingerprint density at radius 3 is 2.89 bits per heavy atom. The van der Waals surface area contributed by atoms with Crippen LogP contribution in [-0.2, 0) is 4.79 Å². The molecule has 2 N–H and O–H groups in total. The Labute approximate surface area is 160 Å². The number of thiazole rings is 1. The molecule has 2 amide bonds.